The molecule has 2 aliphatic heterocycles. The first kappa shape index (κ1) is 19.3. The molecular weight excluding hydrogens is 370 g/mol. The highest BCUT2D eigenvalue weighted by Crippen LogP contribution is 2.30. The predicted molar refractivity (Wildman–Crippen MR) is 108 cm³/mol. The van der Waals surface area contributed by atoms with E-state index in [1.165, 1.54) is 24.8 Å². The maximum Gasteiger partial charge on any atom is 0.283 e. The zero-order valence-corrected chi connectivity index (χ0v) is 16.2. The summed E-state index contributed by atoms with van der Waals surface area (Å²) in [5, 5.41) is 0. The van der Waals surface area contributed by atoms with Gasteiger partial charge in [-0.3, -0.25) is 25.3 Å². The molecule has 0 saturated carbocycles. The highest BCUT2D eigenvalue weighted by Gasteiger charge is 2.27. The molecule has 152 valence electrons. The summed E-state index contributed by atoms with van der Waals surface area (Å²) in [5.41, 5.74) is 6.51. The second-order valence-electron chi connectivity index (χ2n) is 7.34. The van der Waals surface area contributed by atoms with E-state index >= 15 is 0 Å². The summed E-state index contributed by atoms with van der Waals surface area (Å²) in [5.74, 6) is 0.273. The molecule has 7 heteroatoms. The number of nitrogens with one attached hydrogen (secondary N) is 2. The van der Waals surface area contributed by atoms with E-state index < -0.39 is 12.0 Å². The van der Waals surface area contributed by atoms with E-state index in [0.29, 0.717) is 17.1 Å². The Balaban J connectivity index is 1.26. The lowest BCUT2D eigenvalue weighted by Crippen LogP contribution is -2.50. The van der Waals surface area contributed by atoms with Gasteiger partial charge in [0.25, 0.3) is 11.8 Å². The molecule has 4 rings (SSSR count). The number of nitrogens with zero attached hydrogens (tertiary/aromatic N) is 1. The van der Waals surface area contributed by atoms with Gasteiger partial charge in [-0.15, -0.1) is 0 Å². The summed E-state index contributed by atoms with van der Waals surface area (Å²) in [6, 6.07) is 14.6. The van der Waals surface area contributed by atoms with E-state index in [4.69, 9.17) is 9.47 Å². The fourth-order valence-corrected chi connectivity index (χ4v) is 3.56. The molecule has 0 aliphatic carbocycles. The van der Waals surface area contributed by atoms with Crippen LogP contribution in [0, 0.1) is 0 Å². The van der Waals surface area contributed by atoms with Crippen molar-refractivity contribution in [3.63, 3.8) is 0 Å². The summed E-state index contributed by atoms with van der Waals surface area (Å²) in [7, 11) is 0. The maximum absolute atomic E-state index is 12.3. The molecule has 2 aromatic carbocycles. The number of amides is 2. The number of piperidine rings is 1. The number of rotatable bonds is 4. The molecule has 2 N–H and O–H groups in total. The molecule has 0 bridgehead atoms. The summed E-state index contributed by atoms with van der Waals surface area (Å²) < 4.78 is 11.1. The van der Waals surface area contributed by atoms with Gasteiger partial charge in [0.2, 0.25) is 6.10 Å². The van der Waals surface area contributed by atoms with Crippen molar-refractivity contribution in [2.75, 3.05) is 19.7 Å². The molecule has 2 heterocycles. The van der Waals surface area contributed by atoms with Crippen molar-refractivity contribution in [2.45, 2.75) is 31.9 Å². The Labute approximate surface area is 170 Å². The average molecular weight is 395 g/mol. The van der Waals surface area contributed by atoms with Gasteiger partial charge >= 0.3 is 0 Å². The topological polar surface area (TPSA) is 79.9 Å². The predicted octanol–water partition coefficient (Wildman–Crippen LogP) is 2.27. The molecular formula is C22H25N3O4. The number of hydrogen-bond acceptors (Lipinski definition) is 5. The van der Waals surface area contributed by atoms with Gasteiger partial charge in [-0.25, -0.2) is 0 Å². The summed E-state index contributed by atoms with van der Waals surface area (Å²) in [6.07, 6.45) is 2.99. The van der Waals surface area contributed by atoms with Crippen LogP contribution in [-0.2, 0) is 11.3 Å². The number of hydrazine groups is 1. The van der Waals surface area contributed by atoms with Crippen LogP contribution in [0.15, 0.2) is 48.5 Å². The monoisotopic (exact) mass is 395 g/mol. The minimum atomic E-state index is -0.822. The summed E-state index contributed by atoms with van der Waals surface area (Å²) in [4.78, 5) is 27.0. The molecule has 0 aromatic heterocycles. The number of carbonyl (C=O) groups excluding carboxylic acids is 2. The van der Waals surface area contributed by atoms with Crippen molar-refractivity contribution in [1.82, 2.24) is 15.8 Å². The zero-order valence-electron chi connectivity index (χ0n) is 16.2. The lowest BCUT2D eigenvalue weighted by atomic mass is 10.1. The van der Waals surface area contributed by atoms with Crippen molar-refractivity contribution in [3.8, 4) is 11.5 Å². The highest BCUT2D eigenvalue weighted by molar-refractivity contribution is 5.95. The molecule has 1 fully saturated rings. The molecule has 2 aliphatic rings. The van der Waals surface area contributed by atoms with Crippen LogP contribution >= 0.6 is 0 Å². The van der Waals surface area contributed by atoms with Crippen molar-refractivity contribution < 1.29 is 19.1 Å². The molecule has 0 unspecified atom stereocenters. The van der Waals surface area contributed by atoms with Crippen molar-refractivity contribution in [3.05, 3.63) is 59.7 Å². The minimum absolute atomic E-state index is 0.0872. The van der Waals surface area contributed by atoms with Gasteiger partial charge in [0, 0.05) is 12.1 Å². The Morgan fingerprint density at radius 3 is 2.41 bits per heavy atom. The first-order chi connectivity index (χ1) is 14.2. The molecule has 29 heavy (non-hydrogen) atoms. The van der Waals surface area contributed by atoms with E-state index in [2.05, 4.69) is 15.8 Å². The van der Waals surface area contributed by atoms with E-state index in [1.807, 2.05) is 18.2 Å². The van der Waals surface area contributed by atoms with Crippen LogP contribution in [0.4, 0.5) is 0 Å². The fourth-order valence-electron chi connectivity index (χ4n) is 3.56. The van der Waals surface area contributed by atoms with Crippen LogP contribution in [0.3, 0.4) is 0 Å². The van der Waals surface area contributed by atoms with Crippen molar-refractivity contribution in [2.24, 2.45) is 0 Å². The standard InChI is InChI=1S/C22H25N3O4/c26-21(17-10-8-16(9-11-17)14-25-12-4-1-5-13-25)23-24-22(27)20-15-28-18-6-2-3-7-19(18)29-20/h2-3,6-11,20H,1,4-5,12-15H2,(H,23,26)(H,24,27)/t20-/m1/s1. The number of hydrogen-bond donors (Lipinski definition) is 2. The molecule has 1 saturated heterocycles. The largest absolute Gasteiger partial charge is 0.485 e. The van der Waals surface area contributed by atoms with E-state index in [1.54, 1.807) is 30.3 Å². The molecule has 0 radical (unpaired) electrons. The fraction of sp³-hybridized carbons (Fsp3) is 0.364. The molecule has 0 spiro atoms. The number of para-hydroxylation sites is 2. The minimum Gasteiger partial charge on any atom is -0.485 e. The Bertz CT molecular complexity index is 863. The zero-order chi connectivity index (χ0) is 20.1. The maximum atomic E-state index is 12.3. The quantitative estimate of drug-likeness (QED) is 0.777. The number of ether oxygens (including phenoxy) is 2. The van der Waals surface area contributed by atoms with Gasteiger partial charge in [-0.1, -0.05) is 30.7 Å². The van der Waals surface area contributed by atoms with Crippen LogP contribution < -0.4 is 20.3 Å². The van der Waals surface area contributed by atoms with E-state index in [-0.39, 0.29) is 12.5 Å². The van der Waals surface area contributed by atoms with Gasteiger partial charge in [0.05, 0.1) is 0 Å². The third-order valence-corrected chi connectivity index (χ3v) is 5.17. The second kappa shape index (κ2) is 8.96. The Morgan fingerprint density at radius 1 is 0.931 bits per heavy atom. The SMILES string of the molecule is O=C(NNC(=O)[C@H]1COc2ccccc2O1)c1ccc(CN2CCCCC2)cc1. The van der Waals surface area contributed by atoms with Crippen LogP contribution in [0.5, 0.6) is 11.5 Å². The van der Waals surface area contributed by atoms with Crippen LogP contribution in [-0.4, -0.2) is 42.5 Å². The molecule has 7 nitrogen and oxygen atoms in total. The molecule has 2 aromatic rings. The van der Waals surface area contributed by atoms with Crippen LogP contribution in [0.2, 0.25) is 0 Å². The number of carbonyl (C=O) groups is 2. The van der Waals surface area contributed by atoms with Crippen LogP contribution in [0.25, 0.3) is 0 Å². The van der Waals surface area contributed by atoms with Gasteiger partial charge in [0.15, 0.2) is 11.5 Å². The summed E-state index contributed by atoms with van der Waals surface area (Å²) >= 11 is 0. The molecule has 2 amide bonds. The summed E-state index contributed by atoms with van der Waals surface area (Å²) in [6.45, 7) is 3.25. The third kappa shape index (κ3) is 4.86. The lowest BCUT2D eigenvalue weighted by molar-refractivity contribution is -0.131. The lowest BCUT2D eigenvalue weighted by Gasteiger charge is -2.26. The smallest absolute Gasteiger partial charge is 0.283 e. The number of likely N-dealkylation sites (tertiary alicyclic amines) is 1. The van der Waals surface area contributed by atoms with E-state index in [0.717, 1.165) is 19.6 Å². The first-order valence-electron chi connectivity index (χ1n) is 9.99. The van der Waals surface area contributed by atoms with Gasteiger partial charge < -0.3 is 9.47 Å². The first-order valence-corrected chi connectivity index (χ1v) is 9.99. The highest BCUT2D eigenvalue weighted by atomic mass is 16.6. The Kier molecular flexibility index (Phi) is 5.95. The number of fused-ring (bicyclic) bond motifs is 1. The second-order valence-corrected chi connectivity index (χ2v) is 7.34. The molecule has 1 atom stereocenters. The van der Waals surface area contributed by atoms with Crippen molar-refractivity contribution >= 4 is 11.8 Å². The van der Waals surface area contributed by atoms with Crippen LogP contribution in [0.1, 0.15) is 35.2 Å². The average Bonchev–Trinajstić information content (AvgIpc) is 2.78. The van der Waals surface area contributed by atoms with Gasteiger partial charge in [-0.05, 0) is 55.8 Å². The van der Waals surface area contributed by atoms with E-state index in [9.17, 15) is 9.59 Å². The third-order valence-electron chi connectivity index (χ3n) is 5.17. The normalized spacial score (nSPS) is 18.7. The Hall–Kier alpha value is -3.06. The Morgan fingerprint density at radius 2 is 1.66 bits per heavy atom. The van der Waals surface area contributed by atoms with Gasteiger partial charge in [-0.2, -0.15) is 0 Å². The van der Waals surface area contributed by atoms with Gasteiger partial charge in [0.1, 0.15) is 6.61 Å². The number of benzene rings is 2. The van der Waals surface area contributed by atoms with Crippen molar-refractivity contribution in [1.29, 1.82) is 0 Å².